The summed E-state index contributed by atoms with van der Waals surface area (Å²) in [5.74, 6) is 1.56. The molecule has 0 amide bonds. The first-order valence-electron chi connectivity index (χ1n) is 5.44. The molecule has 0 aromatic heterocycles. The fraction of sp³-hybridized carbons (Fsp3) is 1.00. The van der Waals surface area contributed by atoms with Crippen LogP contribution in [0.3, 0.4) is 0 Å². The van der Waals surface area contributed by atoms with E-state index in [1.54, 1.807) is 0 Å². The monoisotopic (exact) mass is 491 g/mol. The molecule has 0 aromatic carbocycles. The first-order valence-corrected chi connectivity index (χ1v) is 7.33. The smallest absolute Gasteiger partial charge is 0.788 e. The van der Waals surface area contributed by atoms with Gasteiger partial charge < -0.3 is 60.0 Å². The van der Waals surface area contributed by atoms with Gasteiger partial charge >= 0.3 is 21.1 Å². The summed E-state index contributed by atoms with van der Waals surface area (Å²) >= 11 is 18.5. The minimum Gasteiger partial charge on any atom is -0.788 e. The fourth-order valence-electron chi connectivity index (χ4n) is 0.998. The van der Waals surface area contributed by atoms with E-state index in [0.29, 0.717) is 0 Å². The van der Waals surface area contributed by atoms with Gasteiger partial charge in [0.25, 0.3) is 0 Å². The Hall–Kier alpha value is 2.01. The molecule has 2 aliphatic carbocycles. The Morgan fingerprint density at radius 2 is 1.06 bits per heavy atom. The van der Waals surface area contributed by atoms with E-state index in [9.17, 15) is 0 Å². The van der Waals surface area contributed by atoms with Crippen molar-refractivity contribution in [3.63, 3.8) is 0 Å². The summed E-state index contributed by atoms with van der Waals surface area (Å²) in [6.07, 6.45) is 5.21. The molecule has 2 fully saturated rings. The van der Waals surface area contributed by atoms with Gasteiger partial charge in [-0.1, -0.05) is 0 Å². The van der Waals surface area contributed by atoms with Crippen molar-refractivity contribution in [2.75, 3.05) is 13.2 Å². The number of hydrogen-bond donors (Lipinski definition) is 0. The summed E-state index contributed by atoms with van der Waals surface area (Å²) in [4.78, 5) is 0. The Balaban J connectivity index is 0.000000284. The van der Waals surface area contributed by atoms with E-state index < -0.39 is 9.54 Å². The topological polar surface area (TPSA) is 18.5 Å². The summed E-state index contributed by atoms with van der Waals surface area (Å²) in [6.45, 7) is 1.58. The summed E-state index contributed by atoms with van der Waals surface area (Å²) < 4.78 is 9.18. The molecule has 17 heavy (non-hydrogen) atoms. The molecule has 0 N–H and O–H groups in total. The van der Waals surface area contributed by atoms with Crippen LogP contribution < -0.4 is 0 Å². The molecule has 7 heteroatoms. The van der Waals surface area contributed by atoms with Crippen LogP contribution in [-0.4, -0.2) is 22.7 Å². The summed E-state index contributed by atoms with van der Waals surface area (Å²) in [5.41, 5.74) is 0. The summed E-state index contributed by atoms with van der Waals surface area (Å²) in [6, 6.07) is 0. The van der Waals surface area contributed by atoms with E-state index in [1.165, 1.54) is 25.7 Å². The molecule has 2 rings (SSSR count). The van der Waals surface area contributed by atoms with Crippen LogP contribution >= 0.6 is 0 Å². The van der Waals surface area contributed by atoms with Crippen LogP contribution in [0.1, 0.15) is 25.7 Å². The molecule has 2 aliphatic rings. The maximum Gasteiger partial charge on any atom is 4.00 e. The van der Waals surface area contributed by atoms with Gasteiger partial charge in [0.2, 0.25) is 0 Å². The third-order valence-electron chi connectivity index (χ3n) is 2.33. The third-order valence-corrected chi connectivity index (χ3v) is 2.87. The van der Waals surface area contributed by atoms with Crippen LogP contribution in [0.15, 0.2) is 0 Å². The van der Waals surface area contributed by atoms with Gasteiger partial charge in [0.15, 0.2) is 0 Å². The quantitative estimate of drug-likeness (QED) is 0.522. The molecular formula is C10H16O2PtS4. The Bertz CT molecular complexity index is 163. The fourth-order valence-corrected chi connectivity index (χ4v) is 1.31. The standard InChI is InChI=1S/2C5H10OS2.Pt/c2*7-5(8)6-3-4-1-2-4;/h2*4-5,7-8H,1-3H2;/q;;+4/p-4. The normalized spacial score (nSPS) is 18.7. The van der Waals surface area contributed by atoms with Crippen molar-refractivity contribution >= 4 is 50.5 Å². The second kappa shape index (κ2) is 10.8. The average Bonchev–Trinajstić information content (AvgIpc) is 3.06. The number of rotatable bonds is 6. The predicted molar refractivity (Wildman–Crippen MR) is 74.4 cm³/mol. The van der Waals surface area contributed by atoms with Crippen LogP contribution in [0.4, 0.5) is 0 Å². The van der Waals surface area contributed by atoms with Gasteiger partial charge in [0, 0.05) is 13.2 Å². The zero-order chi connectivity index (χ0) is 12.0. The number of ether oxygens (including phenoxy) is 2. The van der Waals surface area contributed by atoms with Crippen molar-refractivity contribution in [3.8, 4) is 0 Å². The molecule has 0 bridgehead atoms. The van der Waals surface area contributed by atoms with E-state index in [4.69, 9.17) is 9.47 Å². The zero-order valence-corrected chi connectivity index (χ0v) is 14.9. The summed E-state index contributed by atoms with van der Waals surface area (Å²) in [7, 11) is 0. The van der Waals surface area contributed by atoms with E-state index in [-0.39, 0.29) is 21.1 Å². The third kappa shape index (κ3) is 14.2. The molecule has 0 aromatic rings. The molecule has 0 atom stereocenters. The molecule has 0 saturated heterocycles. The van der Waals surface area contributed by atoms with Crippen molar-refractivity contribution < 1.29 is 30.5 Å². The Morgan fingerprint density at radius 1 is 0.765 bits per heavy atom. The SMILES string of the molecule is [Pt+4].[S-]C([S-])OCC1CC1.[S-]C([S-])OCC1CC1. The zero-order valence-electron chi connectivity index (χ0n) is 9.32. The van der Waals surface area contributed by atoms with E-state index in [0.717, 1.165) is 25.0 Å². The minimum absolute atomic E-state index is 0. The first kappa shape index (κ1) is 19.0. The van der Waals surface area contributed by atoms with Crippen LogP contribution in [0.25, 0.3) is 0 Å². The molecule has 0 radical (unpaired) electrons. The molecule has 102 valence electrons. The van der Waals surface area contributed by atoms with Gasteiger partial charge in [-0.05, 0) is 37.5 Å². The van der Waals surface area contributed by atoms with Crippen molar-refractivity contribution in [2.45, 2.75) is 35.2 Å². The average molecular weight is 492 g/mol. The van der Waals surface area contributed by atoms with Crippen LogP contribution in [0.5, 0.6) is 0 Å². The maximum absolute atomic E-state index is 5.00. The van der Waals surface area contributed by atoms with Crippen molar-refractivity contribution in [1.82, 2.24) is 0 Å². The largest absolute Gasteiger partial charge is 4.00 e. The van der Waals surface area contributed by atoms with Gasteiger partial charge in [-0.2, -0.15) is 9.54 Å². The van der Waals surface area contributed by atoms with Crippen LogP contribution in [0, 0.1) is 11.8 Å². The van der Waals surface area contributed by atoms with Gasteiger partial charge in [-0.15, -0.1) is 0 Å². The molecule has 2 nitrogen and oxygen atoms in total. The van der Waals surface area contributed by atoms with Gasteiger partial charge in [0.05, 0.1) is 0 Å². The molecule has 0 aliphatic heterocycles. The molecule has 0 spiro atoms. The first-order chi connectivity index (χ1) is 7.58. The van der Waals surface area contributed by atoms with E-state index >= 15 is 0 Å². The second-order valence-electron chi connectivity index (χ2n) is 4.13. The maximum atomic E-state index is 5.00. The molecule has 2 saturated carbocycles. The van der Waals surface area contributed by atoms with Crippen molar-refractivity contribution in [3.05, 3.63) is 0 Å². The van der Waals surface area contributed by atoms with Crippen molar-refractivity contribution in [1.29, 1.82) is 0 Å². The Kier molecular flexibility index (Phi) is 12.0. The summed E-state index contributed by atoms with van der Waals surface area (Å²) in [5, 5.41) is 0. The molecule has 0 heterocycles. The molecule has 0 unspecified atom stereocenters. The minimum atomic E-state index is -0.407. The van der Waals surface area contributed by atoms with Gasteiger partial charge in [-0.3, -0.25) is 0 Å². The predicted octanol–water partition coefficient (Wildman–Crippen LogP) is 1.58. The van der Waals surface area contributed by atoms with E-state index in [1.807, 2.05) is 0 Å². The van der Waals surface area contributed by atoms with Crippen LogP contribution in [-0.2, 0) is 81.1 Å². The van der Waals surface area contributed by atoms with Crippen LogP contribution in [0.2, 0.25) is 0 Å². The van der Waals surface area contributed by atoms with Gasteiger partial charge in [0.1, 0.15) is 0 Å². The molecular weight excluding hydrogens is 475 g/mol. The Labute approximate surface area is 140 Å². The van der Waals surface area contributed by atoms with Crippen molar-refractivity contribution in [2.24, 2.45) is 11.8 Å². The second-order valence-corrected chi connectivity index (χ2v) is 6.44. The Morgan fingerprint density at radius 3 is 1.24 bits per heavy atom. The van der Waals surface area contributed by atoms with E-state index in [2.05, 4.69) is 50.5 Å². The number of hydrogen-bond acceptors (Lipinski definition) is 6. The van der Waals surface area contributed by atoms with Gasteiger partial charge in [-0.25, -0.2) is 0 Å².